The molecule has 3 aliphatic rings. The van der Waals surface area contributed by atoms with E-state index in [4.69, 9.17) is 9.90 Å². The number of carboxylic acids is 1. The number of carbonyl (C=O) groups excluding carboxylic acids is 1. The summed E-state index contributed by atoms with van der Waals surface area (Å²) in [5.74, 6) is -1.32. The second kappa shape index (κ2) is 10.3. The van der Waals surface area contributed by atoms with Crippen LogP contribution < -0.4 is 5.32 Å². The van der Waals surface area contributed by atoms with Crippen LogP contribution in [0.25, 0.3) is 0 Å². The number of carbonyl (C=O) groups is 2. The Bertz CT molecular complexity index is 1030. The van der Waals surface area contributed by atoms with Crippen LogP contribution in [0, 0.1) is 5.41 Å². The number of piperidine rings is 1. The Labute approximate surface area is 200 Å². The Kier molecular flexibility index (Phi) is 7.39. The zero-order valence-electron chi connectivity index (χ0n) is 19.3. The molecule has 2 fully saturated rings. The van der Waals surface area contributed by atoms with Crippen LogP contribution in [-0.2, 0) is 24.3 Å². The first-order valence-electron chi connectivity index (χ1n) is 11.8. The van der Waals surface area contributed by atoms with Crippen LogP contribution >= 0.6 is 0 Å². The third-order valence-electron chi connectivity index (χ3n) is 7.13. The summed E-state index contributed by atoms with van der Waals surface area (Å²) >= 11 is 0. The van der Waals surface area contributed by atoms with Crippen LogP contribution in [0.4, 0.5) is 13.2 Å². The third kappa shape index (κ3) is 6.16. The number of nitrogens with one attached hydrogen (secondary N) is 1. The van der Waals surface area contributed by atoms with E-state index in [0.29, 0.717) is 11.9 Å². The average Bonchev–Trinajstić information content (AvgIpc) is 3.21. The number of halogens is 3. The molecular formula is C23H29F3N6O3. The van der Waals surface area contributed by atoms with Gasteiger partial charge in [-0.15, -0.1) is 10.2 Å². The van der Waals surface area contributed by atoms with E-state index in [1.807, 2.05) is 18.5 Å². The molecule has 0 atom stereocenters. The summed E-state index contributed by atoms with van der Waals surface area (Å²) in [6, 6.07) is 4.48. The first-order valence-corrected chi connectivity index (χ1v) is 11.8. The monoisotopic (exact) mass is 494 g/mol. The molecule has 35 heavy (non-hydrogen) atoms. The fourth-order valence-corrected chi connectivity index (χ4v) is 4.79. The van der Waals surface area contributed by atoms with Crippen molar-refractivity contribution in [3.8, 4) is 0 Å². The lowest BCUT2D eigenvalue weighted by atomic mass is 9.73. The molecular weight excluding hydrogens is 465 g/mol. The Balaban J connectivity index is 0.000000364. The predicted molar refractivity (Wildman–Crippen MR) is 118 cm³/mol. The molecule has 2 N–H and O–H groups in total. The van der Waals surface area contributed by atoms with Gasteiger partial charge >= 0.3 is 12.1 Å². The van der Waals surface area contributed by atoms with Crippen LogP contribution in [0.2, 0.25) is 0 Å². The molecule has 1 amide bonds. The average molecular weight is 495 g/mol. The lowest BCUT2D eigenvalue weighted by Crippen LogP contribution is -2.45. The molecule has 190 valence electrons. The first kappa shape index (κ1) is 25.1. The van der Waals surface area contributed by atoms with E-state index in [-0.39, 0.29) is 11.3 Å². The highest BCUT2D eigenvalue weighted by atomic mass is 19.4. The molecule has 1 spiro atoms. The van der Waals surface area contributed by atoms with Crippen molar-refractivity contribution in [2.24, 2.45) is 5.41 Å². The number of aryl methyl sites for hydroxylation is 1. The van der Waals surface area contributed by atoms with Gasteiger partial charge in [0, 0.05) is 37.9 Å². The van der Waals surface area contributed by atoms with Crippen molar-refractivity contribution in [3.05, 3.63) is 41.7 Å². The molecule has 0 unspecified atom stereocenters. The van der Waals surface area contributed by atoms with Gasteiger partial charge in [0.15, 0.2) is 0 Å². The van der Waals surface area contributed by atoms with E-state index in [0.717, 1.165) is 70.5 Å². The van der Waals surface area contributed by atoms with Gasteiger partial charge in [0.05, 0.1) is 0 Å². The minimum Gasteiger partial charge on any atom is -0.475 e. The third-order valence-corrected chi connectivity index (χ3v) is 7.13. The summed E-state index contributed by atoms with van der Waals surface area (Å²) in [6.45, 7) is 4.03. The number of aliphatic carboxylic acids is 1. The predicted octanol–water partition coefficient (Wildman–Crippen LogP) is 2.82. The lowest BCUT2D eigenvalue weighted by Gasteiger charge is -2.44. The molecule has 2 aliphatic heterocycles. The van der Waals surface area contributed by atoms with Gasteiger partial charge in [-0.1, -0.05) is 6.07 Å². The molecule has 4 heterocycles. The van der Waals surface area contributed by atoms with E-state index in [1.165, 1.54) is 12.0 Å². The number of likely N-dealkylation sites (tertiary alicyclic amines) is 1. The van der Waals surface area contributed by atoms with Crippen molar-refractivity contribution in [1.82, 2.24) is 30.0 Å². The van der Waals surface area contributed by atoms with Crippen LogP contribution in [0.5, 0.6) is 0 Å². The van der Waals surface area contributed by atoms with Gasteiger partial charge in [-0.2, -0.15) is 13.2 Å². The SMILES string of the molecule is O=C(NC1CCC1)c1nnc2n1CC1(CC2)CCN(Cc2cccnc2)CC1.O=C(O)C(F)(F)F. The normalized spacial score (nSPS) is 19.7. The van der Waals surface area contributed by atoms with E-state index in [2.05, 4.69) is 36.0 Å². The standard InChI is InChI=1S/C21H28N6O.C2HF3O2/c28-20(23-17-4-1-5-17)19-25-24-18-6-7-21(15-27(18)19)8-11-26(12-9-21)14-16-3-2-10-22-13-16;3-2(4,5)1(6)7/h2-3,10,13,17H,1,4-9,11-12,14-15H2,(H,23,28);(H,6,7). The van der Waals surface area contributed by atoms with Crippen molar-refractivity contribution in [2.75, 3.05) is 13.1 Å². The molecule has 0 aromatic carbocycles. The molecule has 12 heteroatoms. The first-order chi connectivity index (χ1) is 16.7. The summed E-state index contributed by atoms with van der Waals surface area (Å²) in [5.41, 5.74) is 1.55. The van der Waals surface area contributed by atoms with E-state index < -0.39 is 12.1 Å². The van der Waals surface area contributed by atoms with Gasteiger partial charge in [-0.3, -0.25) is 14.7 Å². The van der Waals surface area contributed by atoms with Gasteiger partial charge < -0.3 is 15.0 Å². The second-order valence-corrected chi connectivity index (χ2v) is 9.57. The number of alkyl halides is 3. The summed E-state index contributed by atoms with van der Waals surface area (Å²) in [4.78, 5) is 28.3. The fourth-order valence-electron chi connectivity index (χ4n) is 4.79. The number of hydrogen-bond donors (Lipinski definition) is 2. The Morgan fingerprint density at radius 3 is 2.46 bits per heavy atom. The maximum absolute atomic E-state index is 12.7. The lowest BCUT2D eigenvalue weighted by molar-refractivity contribution is -0.192. The maximum atomic E-state index is 12.7. The van der Waals surface area contributed by atoms with Gasteiger partial charge in [0.25, 0.3) is 5.91 Å². The minimum absolute atomic E-state index is 0.0467. The molecule has 1 saturated carbocycles. The van der Waals surface area contributed by atoms with Crippen LogP contribution in [0.15, 0.2) is 24.5 Å². The number of nitrogens with zero attached hydrogens (tertiary/aromatic N) is 5. The maximum Gasteiger partial charge on any atom is 0.490 e. The van der Waals surface area contributed by atoms with Crippen molar-refractivity contribution in [3.63, 3.8) is 0 Å². The Hall–Kier alpha value is -3.02. The molecule has 2 aromatic heterocycles. The number of fused-ring (bicyclic) bond motifs is 1. The topological polar surface area (TPSA) is 113 Å². The number of hydrogen-bond acceptors (Lipinski definition) is 6. The van der Waals surface area contributed by atoms with Crippen LogP contribution in [-0.4, -0.2) is 66.9 Å². The number of pyridine rings is 1. The van der Waals surface area contributed by atoms with E-state index in [1.54, 1.807) is 0 Å². The van der Waals surface area contributed by atoms with Gasteiger partial charge in [-0.05, 0) is 68.7 Å². The molecule has 5 rings (SSSR count). The highest BCUT2D eigenvalue weighted by molar-refractivity contribution is 5.91. The smallest absolute Gasteiger partial charge is 0.475 e. The molecule has 1 saturated heterocycles. The molecule has 0 radical (unpaired) electrons. The van der Waals surface area contributed by atoms with Crippen LogP contribution in [0.3, 0.4) is 0 Å². The van der Waals surface area contributed by atoms with Gasteiger partial charge in [0.2, 0.25) is 5.82 Å². The van der Waals surface area contributed by atoms with Gasteiger partial charge in [0.1, 0.15) is 5.82 Å². The molecule has 2 aromatic rings. The van der Waals surface area contributed by atoms with E-state index in [9.17, 15) is 18.0 Å². The fraction of sp³-hybridized carbons (Fsp3) is 0.609. The molecule has 0 bridgehead atoms. The van der Waals surface area contributed by atoms with Crippen molar-refractivity contribution in [2.45, 2.75) is 70.3 Å². The summed E-state index contributed by atoms with van der Waals surface area (Å²) in [6.07, 6.45) is 6.48. The number of rotatable bonds is 4. The Morgan fingerprint density at radius 1 is 1.17 bits per heavy atom. The minimum atomic E-state index is -5.08. The Morgan fingerprint density at radius 2 is 1.89 bits per heavy atom. The summed E-state index contributed by atoms with van der Waals surface area (Å²) in [7, 11) is 0. The second-order valence-electron chi connectivity index (χ2n) is 9.57. The van der Waals surface area contributed by atoms with Crippen molar-refractivity contribution >= 4 is 11.9 Å². The highest BCUT2D eigenvalue weighted by Gasteiger charge is 2.40. The zero-order chi connectivity index (χ0) is 25.1. The quantitative estimate of drug-likeness (QED) is 0.672. The van der Waals surface area contributed by atoms with Crippen LogP contribution in [0.1, 0.15) is 60.5 Å². The highest BCUT2D eigenvalue weighted by Crippen LogP contribution is 2.41. The van der Waals surface area contributed by atoms with E-state index >= 15 is 0 Å². The van der Waals surface area contributed by atoms with Crippen molar-refractivity contribution < 1.29 is 27.9 Å². The molecule has 1 aliphatic carbocycles. The number of aromatic nitrogens is 4. The van der Waals surface area contributed by atoms with Crippen molar-refractivity contribution in [1.29, 1.82) is 0 Å². The summed E-state index contributed by atoms with van der Waals surface area (Å²) < 4.78 is 33.8. The summed E-state index contributed by atoms with van der Waals surface area (Å²) in [5, 5.41) is 18.8. The molecule has 9 nitrogen and oxygen atoms in total. The largest absolute Gasteiger partial charge is 0.490 e. The van der Waals surface area contributed by atoms with Gasteiger partial charge in [-0.25, -0.2) is 4.79 Å². The zero-order valence-corrected chi connectivity index (χ0v) is 19.3. The number of amides is 1. The number of carboxylic acid groups (broad SMARTS) is 1.